The number of rotatable bonds is 2. The second kappa shape index (κ2) is 5.61. The molecule has 1 N–H and O–H groups in total. The van der Waals surface area contributed by atoms with E-state index in [0.717, 1.165) is 19.4 Å². The molecule has 0 radical (unpaired) electrons. The van der Waals surface area contributed by atoms with E-state index >= 15 is 0 Å². The van der Waals surface area contributed by atoms with Gasteiger partial charge in [0.25, 0.3) is 5.91 Å². The largest absolute Gasteiger partial charge is 0.478 e. The SMILES string of the molecule is Cc1nc(C(=O)N2CCC(C)CC2C)ccc1C(=O)O. The minimum Gasteiger partial charge on any atom is -0.478 e. The van der Waals surface area contributed by atoms with Crippen LogP contribution in [0.5, 0.6) is 0 Å². The van der Waals surface area contributed by atoms with Crippen LogP contribution in [-0.4, -0.2) is 39.5 Å². The summed E-state index contributed by atoms with van der Waals surface area (Å²) in [5.41, 5.74) is 0.845. The number of carboxylic acid groups (broad SMARTS) is 1. The highest BCUT2D eigenvalue weighted by Gasteiger charge is 2.28. The monoisotopic (exact) mass is 276 g/mol. The lowest BCUT2D eigenvalue weighted by Crippen LogP contribution is -2.44. The highest BCUT2D eigenvalue weighted by atomic mass is 16.4. The molecule has 20 heavy (non-hydrogen) atoms. The van der Waals surface area contributed by atoms with Crippen molar-refractivity contribution in [3.05, 3.63) is 29.1 Å². The molecule has 0 saturated carbocycles. The molecule has 1 aromatic heterocycles. The van der Waals surface area contributed by atoms with Gasteiger partial charge >= 0.3 is 5.97 Å². The van der Waals surface area contributed by atoms with Crippen molar-refractivity contribution in [3.63, 3.8) is 0 Å². The number of pyridine rings is 1. The Labute approximate surface area is 118 Å². The second-order valence-corrected chi connectivity index (χ2v) is 5.61. The molecular weight excluding hydrogens is 256 g/mol. The van der Waals surface area contributed by atoms with Gasteiger partial charge in [-0.05, 0) is 44.7 Å². The number of carboxylic acids is 1. The van der Waals surface area contributed by atoms with Gasteiger partial charge in [-0.1, -0.05) is 6.92 Å². The van der Waals surface area contributed by atoms with Gasteiger partial charge in [0.05, 0.1) is 11.3 Å². The number of aryl methyl sites for hydroxylation is 1. The summed E-state index contributed by atoms with van der Waals surface area (Å²) >= 11 is 0. The summed E-state index contributed by atoms with van der Waals surface area (Å²) in [7, 11) is 0. The van der Waals surface area contributed by atoms with Crippen LogP contribution in [0.1, 0.15) is 53.2 Å². The first kappa shape index (κ1) is 14.5. The Morgan fingerprint density at radius 3 is 2.60 bits per heavy atom. The van der Waals surface area contributed by atoms with E-state index in [2.05, 4.69) is 11.9 Å². The fraction of sp³-hybridized carbons (Fsp3) is 0.533. The Hall–Kier alpha value is -1.91. The van der Waals surface area contributed by atoms with Gasteiger partial charge < -0.3 is 10.0 Å². The lowest BCUT2D eigenvalue weighted by atomic mass is 9.93. The van der Waals surface area contributed by atoms with E-state index < -0.39 is 5.97 Å². The van der Waals surface area contributed by atoms with E-state index in [1.165, 1.54) is 12.1 Å². The molecule has 1 fully saturated rings. The Balaban J connectivity index is 2.21. The molecule has 1 aliphatic rings. The third-order valence-corrected chi connectivity index (χ3v) is 3.93. The third-order valence-electron chi connectivity index (χ3n) is 3.93. The van der Waals surface area contributed by atoms with Crippen LogP contribution in [0, 0.1) is 12.8 Å². The van der Waals surface area contributed by atoms with E-state index in [0.29, 0.717) is 17.3 Å². The number of carbonyl (C=O) groups excluding carboxylic acids is 1. The van der Waals surface area contributed by atoms with Gasteiger partial charge in [-0.2, -0.15) is 0 Å². The Kier molecular flexibility index (Phi) is 4.06. The van der Waals surface area contributed by atoms with Gasteiger partial charge in [0.1, 0.15) is 5.69 Å². The van der Waals surface area contributed by atoms with Crippen LogP contribution in [0.25, 0.3) is 0 Å². The highest BCUT2D eigenvalue weighted by Crippen LogP contribution is 2.23. The zero-order valence-corrected chi connectivity index (χ0v) is 12.1. The molecule has 2 heterocycles. The van der Waals surface area contributed by atoms with Crippen molar-refractivity contribution in [1.29, 1.82) is 0 Å². The Morgan fingerprint density at radius 2 is 2.05 bits per heavy atom. The zero-order chi connectivity index (χ0) is 14.9. The van der Waals surface area contributed by atoms with Gasteiger partial charge in [0.15, 0.2) is 0 Å². The summed E-state index contributed by atoms with van der Waals surface area (Å²) in [6.45, 7) is 6.60. The molecule has 1 aromatic rings. The van der Waals surface area contributed by atoms with Crippen molar-refractivity contribution < 1.29 is 14.7 Å². The van der Waals surface area contributed by atoms with E-state index in [-0.39, 0.29) is 17.5 Å². The van der Waals surface area contributed by atoms with Crippen molar-refractivity contribution >= 4 is 11.9 Å². The molecule has 108 valence electrons. The number of amides is 1. The summed E-state index contributed by atoms with van der Waals surface area (Å²) in [6, 6.07) is 3.16. The molecular formula is C15H20N2O3. The number of aromatic nitrogens is 1. The number of likely N-dealkylation sites (tertiary alicyclic amines) is 1. The molecule has 0 spiro atoms. The van der Waals surface area contributed by atoms with Gasteiger partial charge in [0, 0.05) is 12.6 Å². The standard InChI is InChI=1S/C15H20N2O3/c1-9-6-7-17(10(2)8-9)14(18)13-5-4-12(15(19)20)11(3)16-13/h4-5,9-10H,6-8H2,1-3H3,(H,19,20). The molecule has 0 aliphatic carbocycles. The fourth-order valence-corrected chi connectivity index (χ4v) is 2.76. The van der Waals surface area contributed by atoms with Gasteiger partial charge in [0.2, 0.25) is 0 Å². The van der Waals surface area contributed by atoms with E-state index in [4.69, 9.17) is 5.11 Å². The van der Waals surface area contributed by atoms with Crippen molar-refractivity contribution in [2.45, 2.75) is 39.7 Å². The number of nitrogens with zero attached hydrogens (tertiary/aromatic N) is 2. The van der Waals surface area contributed by atoms with Gasteiger partial charge in [-0.25, -0.2) is 9.78 Å². The normalized spacial score (nSPS) is 22.6. The van der Waals surface area contributed by atoms with Crippen LogP contribution in [-0.2, 0) is 0 Å². The van der Waals surface area contributed by atoms with Crippen LogP contribution in [0.3, 0.4) is 0 Å². The van der Waals surface area contributed by atoms with Crippen molar-refractivity contribution in [1.82, 2.24) is 9.88 Å². The molecule has 5 nitrogen and oxygen atoms in total. The Bertz CT molecular complexity index is 542. The molecule has 5 heteroatoms. The quantitative estimate of drug-likeness (QED) is 0.900. The summed E-state index contributed by atoms with van der Waals surface area (Å²) in [5.74, 6) is -0.489. The molecule has 1 amide bonds. The number of hydrogen-bond donors (Lipinski definition) is 1. The molecule has 2 unspecified atom stereocenters. The molecule has 0 aromatic carbocycles. The van der Waals surface area contributed by atoms with Crippen LogP contribution >= 0.6 is 0 Å². The number of piperidine rings is 1. The molecule has 0 bridgehead atoms. The smallest absolute Gasteiger partial charge is 0.337 e. The van der Waals surface area contributed by atoms with Crippen molar-refractivity contribution in [2.75, 3.05) is 6.54 Å². The first-order chi connectivity index (χ1) is 9.40. The van der Waals surface area contributed by atoms with E-state index in [1.807, 2.05) is 11.8 Å². The fourth-order valence-electron chi connectivity index (χ4n) is 2.76. The third kappa shape index (κ3) is 2.81. The number of aromatic carboxylic acids is 1. The highest BCUT2D eigenvalue weighted by molar-refractivity contribution is 5.94. The topological polar surface area (TPSA) is 70.5 Å². The summed E-state index contributed by atoms with van der Waals surface area (Å²) in [5, 5.41) is 8.98. The van der Waals surface area contributed by atoms with Crippen LogP contribution in [0.15, 0.2) is 12.1 Å². The maximum absolute atomic E-state index is 12.5. The predicted octanol–water partition coefficient (Wildman–Crippen LogP) is 2.35. The molecule has 2 atom stereocenters. The number of hydrogen-bond acceptors (Lipinski definition) is 3. The Morgan fingerprint density at radius 1 is 1.35 bits per heavy atom. The summed E-state index contributed by atoms with van der Waals surface area (Å²) in [6.07, 6.45) is 2.00. The molecule has 1 saturated heterocycles. The average Bonchev–Trinajstić information content (AvgIpc) is 2.37. The first-order valence-corrected chi connectivity index (χ1v) is 6.92. The van der Waals surface area contributed by atoms with Gasteiger partial charge in [-0.3, -0.25) is 4.79 Å². The summed E-state index contributed by atoms with van der Waals surface area (Å²) in [4.78, 5) is 29.4. The van der Waals surface area contributed by atoms with E-state index in [9.17, 15) is 9.59 Å². The lowest BCUT2D eigenvalue weighted by Gasteiger charge is -2.36. The zero-order valence-electron chi connectivity index (χ0n) is 12.1. The van der Waals surface area contributed by atoms with Gasteiger partial charge in [-0.15, -0.1) is 0 Å². The predicted molar refractivity (Wildman–Crippen MR) is 74.8 cm³/mol. The number of carbonyl (C=O) groups is 2. The molecule has 1 aliphatic heterocycles. The first-order valence-electron chi connectivity index (χ1n) is 6.92. The van der Waals surface area contributed by atoms with Crippen LogP contribution < -0.4 is 0 Å². The minimum absolute atomic E-state index is 0.107. The van der Waals surface area contributed by atoms with E-state index in [1.54, 1.807) is 6.92 Å². The minimum atomic E-state index is -1.02. The molecule has 2 rings (SSSR count). The maximum atomic E-state index is 12.5. The lowest BCUT2D eigenvalue weighted by molar-refractivity contribution is 0.0580. The van der Waals surface area contributed by atoms with Crippen molar-refractivity contribution in [3.8, 4) is 0 Å². The average molecular weight is 276 g/mol. The van der Waals surface area contributed by atoms with Crippen LogP contribution in [0.4, 0.5) is 0 Å². The van der Waals surface area contributed by atoms with Crippen LogP contribution in [0.2, 0.25) is 0 Å². The summed E-state index contributed by atoms with van der Waals surface area (Å²) < 4.78 is 0. The second-order valence-electron chi connectivity index (χ2n) is 5.61. The maximum Gasteiger partial charge on any atom is 0.337 e. The van der Waals surface area contributed by atoms with Crippen molar-refractivity contribution in [2.24, 2.45) is 5.92 Å².